The van der Waals surface area contributed by atoms with Crippen molar-refractivity contribution >= 4 is 12.2 Å². The highest BCUT2D eigenvalue weighted by atomic mass is 16.5. The van der Waals surface area contributed by atoms with Crippen LogP contribution in [-0.2, 0) is 0 Å². The Morgan fingerprint density at radius 2 is 1.00 bits per heavy atom. The molecular formula is C31H24N2O. The Morgan fingerprint density at radius 1 is 0.529 bits per heavy atom. The second-order valence-electron chi connectivity index (χ2n) is 7.92. The first-order valence-electron chi connectivity index (χ1n) is 11.2. The van der Waals surface area contributed by atoms with Gasteiger partial charge in [0.05, 0.1) is 18.5 Å². The second kappa shape index (κ2) is 9.97. The van der Waals surface area contributed by atoms with Crippen LogP contribution in [0.4, 0.5) is 0 Å². The molecule has 0 saturated heterocycles. The Balaban J connectivity index is 1.47. The monoisotopic (exact) mass is 440 g/mol. The molecule has 0 radical (unpaired) electrons. The van der Waals surface area contributed by atoms with E-state index in [0.717, 1.165) is 50.8 Å². The summed E-state index contributed by atoms with van der Waals surface area (Å²) in [5.74, 6) is 1.58. The molecule has 5 rings (SSSR count). The number of hydrogen-bond donors (Lipinski definition) is 0. The average molecular weight is 441 g/mol. The summed E-state index contributed by atoms with van der Waals surface area (Å²) in [6.45, 7) is 0. The van der Waals surface area contributed by atoms with Crippen LogP contribution in [0.5, 0.6) is 5.75 Å². The Bertz CT molecular complexity index is 1330. The van der Waals surface area contributed by atoms with E-state index in [4.69, 9.17) is 14.7 Å². The van der Waals surface area contributed by atoms with Crippen LogP contribution in [-0.4, -0.2) is 17.1 Å². The summed E-state index contributed by atoms with van der Waals surface area (Å²) >= 11 is 0. The van der Waals surface area contributed by atoms with Gasteiger partial charge >= 0.3 is 0 Å². The predicted molar refractivity (Wildman–Crippen MR) is 140 cm³/mol. The van der Waals surface area contributed by atoms with E-state index < -0.39 is 0 Å². The van der Waals surface area contributed by atoms with E-state index in [2.05, 4.69) is 54.6 Å². The van der Waals surface area contributed by atoms with Crippen LogP contribution in [0.25, 0.3) is 46.1 Å². The number of rotatable bonds is 6. The Kier molecular flexibility index (Phi) is 6.26. The van der Waals surface area contributed by atoms with Gasteiger partial charge in [0.15, 0.2) is 5.82 Å². The molecule has 0 unspecified atom stereocenters. The van der Waals surface area contributed by atoms with E-state index in [1.807, 2.05) is 72.8 Å². The summed E-state index contributed by atoms with van der Waals surface area (Å²) in [4.78, 5) is 9.76. The van der Waals surface area contributed by atoms with Crippen LogP contribution in [0.1, 0.15) is 11.1 Å². The fourth-order valence-corrected chi connectivity index (χ4v) is 3.74. The van der Waals surface area contributed by atoms with Crippen molar-refractivity contribution in [3.63, 3.8) is 0 Å². The van der Waals surface area contributed by atoms with Gasteiger partial charge in [-0.15, -0.1) is 0 Å². The third-order valence-corrected chi connectivity index (χ3v) is 5.62. The van der Waals surface area contributed by atoms with Gasteiger partial charge in [-0.3, -0.25) is 0 Å². The first kappa shape index (κ1) is 21.4. The molecule has 0 aliphatic heterocycles. The maximum Gasteiger partial charge on any atom is 0.160 e. The van der Waals surface area contributed by atoms with E-state index in [-0.39, 0.29) is 0 Å². The van der Waals surface area contributed by atoms with Crippen LogP contribution < -0.4 is 4.74 Å². The lowest BCUT2D eigenvalue weighted by molar-refractivity contribution is 0.415. The zero-order valence-electron chi connectivity index (χ0n) is 18.9. The zero-order valence-corrected chi connectivity index (χ0v) is 18.9. The molecule has 0 bridgehead atoms. The number of benzene rings is 4. The quantitative estimate of drug-likeness (QED) is 0.254. The molecule has 0 fully saturated rings. The molecule has 0 N–H and O–H groups in total. The van der Waals surface area contributed by atoms with E-state index in [0.29, 0.717) is 0 Å². The second-order valence-corrected chi connectivity index (χ2v) is 7.92. The van der Waals surface area contributed by atoms with Gasteiger partial charge in [-0.05, 0) is 29.3 Å². The molecule has 1 aromatic heterocycles. The Hall–Kier alpha value is -4.50. The van der Waals surface area contributed by atoms with E-state index in [1.165, 1.54) is 0 Å². The normalized spacial score (nSPS) is 11.0. The zero-order chi connectivity index (χ0) is 23.2. The van der Waals surface area contributed by atoms with Gasteiger partial charge < -0.3 is 4.74 Å². The van der Waals surface area contributed by atoms with Crippen LogP contribution in [0.3, 0.4) is 0 Å². The summed E-state index contributed by atoms with van der Waals surface area (Å²) < 4.78 is 5.23. The van der Waals surface area contributed by atoms with Crippen molar-refractivity contribution in [2.45, 2.75) is 0 Å². The molecular weight excluding hydrogens is 416 g/mol. The Labute approximate surface area is 200 Å². The minimum Gasteiger partial charge on any atom is -0.497 e. The van der Waals surface area contributed by atoms with Crippen molar-refractivity contribution < 1.29 is 4.74 Å². The lowest BCUT2D eigenvalue weighted by Gasteiger charge is -2.09. The highest BCUT2D eigenvalue weighted by Crippen LogP contribution is 2.27. The van der Waals surface area contributed by atoms with Gasteiger partial charge in [0.25, 0.3) is 0 Å². The van der Waals surface area contributed by atoms with Crippen LogP contribution in [0.2, 0.25) is 0 Å². The maximum atomic E-state index is 5.23. The van der Waals surface area contributed by atoms with E-state index in [1.54, 1.807) is 7.11 Å². The molecule has 5 aromatic rings. The summed E-state index contributed by atoms with van der Waals surface area (Å²) in [7, 11) is 1.68. The minimum absolute atomic E-state index is 0.723. The van der Waals surface area contributed by atoms with Gasteiger partial charge in [0.1, 0.15) is 5.75 Å². The molecule has 1 heterocycles. The third kappa shape index (κ3) is 4.94. The topological polar surface area (TPSA) is 35.0 Å². The number of nitrogens with zero attached hydrogens (tertiary/aromatic N) is 2. The van der Waals surface area contributed by atoms with Crippen LogP contribution >= 0.6 is 0 Å². The number of hydrogen-bond acceptors (Lipinski definition) is 3. The van der Waals surface area contributed by atoms with Crippen molar-refractivity contribution in [3.8, 4) is 39.7 Å². The molecule has 0 atom stereocenters. The largest absolute Gasteiger partial charge is 0.497 e. The van der Waals surface area contributed by atoms with Crippen LogP contribution in [0, 0.1) is 0 Å². The molecule has 3 heteroatoms. The van der Waals surface area contributed by atoms with Gasteiger partial charge in [0, 0.05) is 16.7 Å². The molecule has 0 spiro atoms. The van der Waals surface area contributed by atoms with E-state index >= 15 is 0 Å². The number of methoxy groups -OCH3 is 1. The van der Waals surface area contributed by atoms with Gasteiger partial charge in [-0.2, -0.15) is 0 Å². The maximum absolute atomic E-state index is 5.23. The lowest BCUT2D eigenvalue weighted by atomic mass is 10.0. The minimum atomic E-state index is 0.723. The van der Waals surface area contributed by atoms with Gasteiger partial charge in [-0.1, -0.05) is 109 Å². The summed E-state index contributed by atoms with van der Waals surface area (Å²) in [6.07, 6.45) is 4.20. The summed E-state index contributed by atoms with van der Waals surface area (Å²) in [5, 5.41) is 0. The fraction of sp³-hybridized carbons (Fsp3) is 0.0323. The molecule has 164 valence electrons. The molecule has 0 aliphatic carbocycles. The summed E-state index contributed by atoms with van der Waals surface area (Å²) in [5.41, 5.74) is 7.19. The highest BCUT2D eigenvalue weighted by molar-refractivity contribution is 5.74. The lowest BCUT2D eigenvalue weighted by Crippen LogP contribution is -1.95. The number of ether oxygens (including phenoxy) is 1. The molecule has 34 heavy (non-hydrogen) atoms. The molecule has 0 aliphatic rings. The van der Waals surface area contributed by atoms with Crippen molar-refractivity contribution in [3.05, 3.63) is 126 Å². The first-order chi connectivity index (χ1) is 16.8. The Morgan fingerprint density at radius 3 is 1.53 bits per heavy atom. The van der Waals surface area contributed by atoms with Gasteiger partial charge in [-0.25, -0.2) is 9.97 Å². The van der Waals surface area contributed by atoms with Crippen molar-refractivity contribution in [1.82, 2.24) is 9.97 Å². The number of aromatic nitrogens is 2. The van der Waals surface area contributed by atoms with Gasteiger partial charge in [0.2, 0.25) is 0 Å². The summed E-state index contributed by atoms with van der Waals surface area (Å²) in [6, 6.07) is 38.9. The average Bonchev–Trinajstić information content (AvgIpc) is 2.93. The molecule has 3 nitrogen and oxygen atoms in total. The molecule has 0 amide bonds. The van der Waals surface area contributed by atoms with Crippen molar-refractivity contribution in [2.75, 3.05) is 7.11 Å². The smallest absolute Gasteiger partial charge is 0.160 e. The predicted octanol–water partition coefficient (Wildman–Crippen LogP) is 7.66. The van der Waals surface area contributed by atoms with E-state index in [9.17, 15) is 0 Å². The third-order valence-electron chi connectivity index (χ3n) is 5.62. The van der Waals surface area contributed by atoms with Crippen molar-refractivity contribution in [2.24, 2.45) is 0 Å². The fourth-order valence-electron chi connectivity index (χ4n) is 3.74. The molecule has 0 saturated carbocycles. The van der Waals surface area contributed by atoms with Crippen LogP contribution in [0.15, 0.2) is 115 Å². The first-order valence-corrected chi connectivity index (χ1v) is 11.2. The molecule has 4 aromatic carbocycles. The standard InChI is InChI=1S/C31H24N2O/c1-34-28-20-16-24(17-21-28)13-12-23-14-18-26(19-15-23)30-22-29(25-8-4-2-5-9-25)32-31(33-30)27-10-6-3-7-11-27/h2-22H,1H3/b13-12+. The van der Waals surface area contributed by atoms with Crippen molar-refractivity contribution in [1.29, 1.82) is 0 Å². The SMILES string of the molecule is COc1ccc(/C=C/c2ccc(-c3cc(-c4ccccc4)nc(-c4ccccc4)n3)cc2)cc1. The highest BCUT2D eigenvalue weighted by Gasteiger charge is 2.10.